The lowest BCUT2D eigenvalue weighted by molar-refractivity contribution is -0.227. The Morgan fingerprint density at radius 3 is 2.62 bits per heavy atom. The van der Waals surface area contributed by atoms with Crippen LogP contribution < -0.4 is 0 Å². The van der Waals surface area contributed by atoms with Gasteiger partial charge < -0.3 is 18.9 Å². The zero-order valence-electron chi connectivity index (χ0n) is 13.7. The summed E-state index contributed by atoms with van der Waals surface area (Å²) in [6.07, 6.45) is 0.658. The number of ether oxygens (including phenoxy) is 4. The minimum Gasteiger partial charge on any atom is -0.368 e. The van der Waals surface area contributed by atoms with Gasteiger partial charge in [0.25, 0.3) is 0 Å². The quantitative estimate of drug-likeness (QED) is 0.791. The van der Waals surface area contributed by atoms with Crippen molar-refractivity contribution in [2.24, 2.45) is 5.92 Å². The van der Waals surface area contributed by atoms with E-state index in [1.807, 2.05) is 44.2 Å². The summed E-state index contributed by atoms with van der Waals surface area (Å²) in [4.78, 5) is 12.6. The first-order valence-corrected chi connectivity index (χ1v) is 8.45. The molecular weight excluding hydrogens is 308 g/mol. The number of allylic oxidation sites excluding steroid dienone is 1. The van der Waals surface area contributed by atoms with Crippen LogP contribution in [0.4, 0.5) is 0 Å². The molecule has 24 heavy (non-hydrogen) atoms. The van der Waals surface area contributed by atoms with Gasteiger partial charge in [-0.2, -0.15) is 0 Å². The number of hydrogen-bond acceptors (Lipinski definition) is 5. The van der Waals surface area contributed by atoms with Crippen LogP contribution in [0.5, 0.6) is 0 Å². The second-order valence-electron chi connectivity index (χ2n) is 7.38. The van der Waals surface area contributed by atoms with Crippen molar-refractivity contribution < 1.29 is 23.7 Å². The largest absolute Gasteiger partial charge is 0.368 e. The third-order valence-electron chi connectivity index (χ3n) is 5.40. The fourth-order valence-electron chi connectivity index (χ4n) is 4.51. The highest BCUT2D eigenvalue weighted by Gasteiger charge is 2.61. The molecule has 0 radical (unpaired) electrons. The molecule has 5 rings (SSSR count). The fourth-order valence-corrected chi connectivity index (χ4v) is 4.51. The third kappa shape index (κ3) is 2.05. The topological polar surface area (TPSA) is 54.0 Å². The Morgan fingerprint density at radius 2 is 1.83 bits per heavy atom. The monoisotopic (exact) mass is 328 g/mol. The summed E-state index contributed by atoms with van der Waals surface area (Å²) in [7, 11) is 0. The molecule has 1 aromatic carbocycles. The van der Waals surface area contributed by atoms with Crippen LogP contribution in [0.1, 0.15) is 25.3 Å². The van der Waals surface area contributed by atoms with Crippen LogP contribution in [0.2, 0.25) is 0 Å². The molecule has 5 nitrogen and oxygen atoms in total. The SMILES string of the molecule is CC1(C)O[C@H]2O[C@H]3[C@H](OCC4=CC(=O)[C@H](c5ccccc5)[C@H]43)[C@H]2O1. The van der Waals surface area contributed by atoms with E-state index in [9.17, 15) is 4.79 Å². The van der Waals surface area contributed by atoms with E-state index >= 15 is 0 Å². The first-order chi connectivity index (χ1) is 11.5. The summed E-state index contributed by atoms with van der Waals surface area (Å²) in [5.41, 5.74) is 2.05. The van der Waals surface area contributed by atoms with Gasteiger partial charge in [-0.25, -0.2) is 0 Å². The maximum Gasteiger partial charge on any atom is 0.190 e. The molecule has 0 saturated carbocycles. The smallest absolute Gasteiger partial charge is 0.190 e. The number of benzene rings is 1. The summed E-state index contributed by atoms with van der Waals surface area (Å²) in [5, 5.41) is 0. The number of fused-ring (bicyclic) bond motifs is 5. The average Bonchev–Trinajstić information content (AvgIpc) is 3.14. The molecule has 0 amide bonds. The lowest BCUT2D eigenvalue weighted by Gasteiger charge is -2.37. The minimum atomic E-state index is -0.663. The molecule has 3 fully saturated rings. The van der Waals surface area contributed by atoms with E-state index in [2.05, 4.69) is 0 Å². The van der Waals surface area contributed by atoms with Gasteiger partial charge in [-0.1, -0.05) is 30.3 Å². The lowest BCUT2D eigenvalue weighted by atomic mass is 9.78. The van der Waals surface area contributed by atoms with Gasteiger partial charge in [0.15, 0.2) is 17.9 Å². The molecule has 1 aromatic rings. The van der Waals surface area contributed by atoms with E-state index in [0.717, 1.165) is 11.1 Å². The normalized spacial score (nSPS) is 42.4. The Kier molecular flexibility index (Phi) is 3.07. The standard InChI is InChI=1S/C19H20O5/c1-19(2)23-17-16-15(22-18(17)24-19)14-11(9-21-16)8-12(20)13(14)10-6-4-3-5-7-10/h3-8,13-18H,9H2,1-2H3/t13-,14-,15+,16-,17+,18+/m0/s1. The predicted octanol–water partition coefficient (Wildman–Crippen LogP) is 2.17. The molecule has 0 aromatic heterocycles. The van der Waals surface area contributed by atoms with Gasteiger partial charge in [0.2, 0.25) is 0 Å². The van der Waals surface area contributed by atoms with Crippen molar-refractivity contribution in [1.82, 2.24) is 0 Å². The second-order valence-corrected chi connectivity index (χ2v) is 7.38. The molecule has 0 spiro atoms. The molecule has 0 bridgehead atoms. The van der Waals surface area contributed by atoms with Gasteiger partial charge in [-0.05, 0) is 31.1 Å². The van der Waals surface area contributed by atoms with Gasteiger partial charge in [0.05, 0.1) is 18.6 Å². The molecule has 3 aliphatic heterocycles. The highest BCUT2D eigenvalue weighted by atomic mass is 16.8. The van der Waals surface area contributed by atoms with Crippen molar-refractivity contribution in [2.75, 3.05) is 6.61 Å². The molecule has 1 aliphatic carbocycles. The van der Waals surface area contributed by atoms with Crippen molar-refractivity contribution in [3.8, 4) is 0 Å². The Balaban J connectivity index is 1.49. The number of carbonyl (C=O) groups excluding carboxylic acids is 1. The predicted molar refractivity (Wildman–Crippen MR) is 84.2 cm³/mol. The zero-order chi connectivity index (χ0) is 16.5. The summed E-state index contributed by atoms with van der Waals surface area (Å²) in [6.45, 7) is 4.21. The fraction of sp³-hybridized carbons (Fsp3) is 0.526. The van der Waals surface area contributed by atoms with Crippen molar-refractivity contribution in [3.63, 3.8) is 0 Å². The highest BCUT2D eigenvalue weighted by molar-refractivity contribution is 5.99. The van der Waals surface area contributed by atoms with Crippen molar-refractivity contribution in [2.45, 2.75) is 50.2 Å². The van der Waals surface area contributed by atoms with E-state index in [0.29, 0.717) is 6.61 Å². The summed E-state index contributed by atoms with van der Waals surface area (Å²) < 4.78 is 24.0. The van der Waals surface area contributed by atoms with E-state index < -0.39 is 12.1 Å². The van der Waals surface area contributed by atoms with Gasteiger partial charge >= 0.3 is 0 Å². The van der Waals surface area contributed by atoms with Crippen LogP contribution in [0.15, 0.2) is 42.0 Å². The number of carbonyl (C=O) groups is 1. The summed E-state index contributed by atoms with van der Waals surface area (Å²) >= 11 is 0. The summed E-state index contributed by atoms with van der Waals surface area (Å²) in [5.74, 6) is -0.735. The van der Waals surface area contributed by atoms with E-state index in [-0.39, 0.29) is 35.9 Å². The number of rotatable bonds is 1. The van der Waals surface area contributed by atoms with Crippen molar-refractivity contribution in [3.05, 3.63) is 47.5 Å². The zero-order valence-corrected chi connectivity index (χ0v) is 13.7. The lowest BCUT2D eigenvalue weighted by Crippen LogP contribution is -2.46. The molecule has 3 heterocycles. The van der Waals surface area contributed by atoms with Gasteiger partial charge in [-0.3, -0.25) is 4.79 Å². The van der Waals surface area contributed by atoms with Crippen molar-refractivity contribution >= 4 is 5.78 Å². The Bertz CT molecular complexity index is 710. The molecule has 126 valence electrons. The third-order valence-corrected chi connectivity index (χ3v) is 5.40. The number of hydrogen-bond donors (Lipinski definition) is 0. The van der Waals surface area contributed by atoms with Crippen LogP contribution in [-0.4, -0.2) is 42.8 Å². The second kappa shape index (κ2) is 4.99. The van der Waals surface area contributed by atoms with Gasteiger partial charge in [-0.15, -0.1) is 0 Å². The van der Waals surface area contributed by atoms with Crippen molar-refractivity contribution in [1.29, 1.82) is 0 Å². The molecule has 6 atom stereocenters. The maximum absolute atomic E-state index is 12.6. The summed E-state index contributed by atoms with van der Waals surface area (Å²) in [6, 6.07) is 9.92. The highest BCUT2D eigenvalue weighted by Crippen LogP contribution is 2.50. The molecular formula is C19H20O5. The van der Waals surface area contributed by atoms with E-state index in [1.165, 1.54) is 0 Å². The van der Waals surface area contributed by atoms with Crippen LogP contribution in [0, 0.1) is 5.92 Å². The minimum absolute atomic E-state index is 0.000405. The van der Waals surface area contributed by atoms with Crippen LogP contribution >= 0.6 is 0 Å². The molecule has 0 N–H and O–H groups in total. The Morgan fingerprint density at radius 1 is 1.04 bits per heavy atom. The first-order valence-electron chi connectivity index (χ1n) is 8.45. The first kappa shape index (κ1) is 14.8. The number of ketones is 1. The van der Waals surface area contributed by atoms with E-state index in [1.54, 1.807) is 6.08 Å². The van der Waals surface area contributed by atoms with Gasteiger partial charge in [0.1, 0.15) is 12.2 Å². The molecule has 4 aliphatic rings. The van der Waals surface area contributed by atoms with Crippen LogP contribution in [0.25, 0.3) is 0 Å². The van der Waals surface area contributed by atoms with Gasteiger partial charge in [0, 0.05) is 5.92 Å². The van der Waals surface area contributed by atoms with Crippen LogP contribution in [0.3, 0.4) is 0 Å². The Hall–Kier alpha value is -1.53. The maximum atomic E-state index is 12.6. The molecule has 5 heteroatoms. The van der Waals surface area contributed by atoms with Crippen LogP contribution in [-0.2, 0) is 23.7 Å². The van der Waals surface area contributed by atoms with E-state index in [4.69, 9.17) is 18.9 Å². The average molecular weight is 328 g/mol. The molecule has 3 saturated heterocycles. The Labute approximate surface area is 140 Å². The molecule has 0 unspecified atom stereocenters.